The highest BCUT2D eigenvalue weighted by molar-refractivity contribution is 5.48. The molecule has 0 aromatic heterocycles. The van der Waals surface area contributed by atoms with Crippen LogP contribution in [-0.2, 0) is 0 Å². The molecule has 1 aromatic carbocycles. The molecule has 110 valence electrons. The number of hydrogen-bond acceptors (Lipinski definition) is 2. The van der Waals surface area contributed by atoms with E-state index in [0.29, 0.717) is 0 Å². The van der Waals surface area contributed by atoms with Crippen LogP contribution >= 0.6 is 0 Å². The Labute approximate surface area is 121 Å². The van der Waals surface area contributed by atoms with E-state index in [1.165, 1.54) is 25.7 Å². The van der Waals surface area contributed by atoms with Gasteiger partial charge in [0.05, 0.1) is 5.69 Å². The molecule has 0 bridgehead atoms. The average molecular weight is 276 g/mol. The zero-order valence-electron chi connectivity index (χ0n) is 12.4. The van der Waals surface area contributed by atoms with Crippen LogP contribution < -0.4 is 4.90 Å². The lowest BCUT2D eigenvalue weighted by molar-refractivity contribution is 0.127. The highest BCUT2D eigenvalue weighted by Crippen LogP contribution is 2.29. The Bertz CT molecular complexity index is 440. The molecular formula is C17H25FN2. The summed E-state index contributed by atoms with van der Waals surface area (Å²) in [5.41, 5.74) is 0.768. The van der Waals surface area contributed by atoms with Gasteiger partial charge in [0.2, 0.25) is 0 Å². The predicted octanol–water partition coefficient (Wildman–Crippen LogP) is 3.53. The Morgan fingerprint density at radius 3 is 2.50 bits per heavy atom. The summed E-state index contributed by atoms with van der Waals surface area (Å²) in [7, 11) is 0. The second-order valence-corrected chi connectivity index (χ2v) is 6.40. The van der Waals surface area contributed by atoms with Crippen molar-refractivity contribution in [2.45, 2.75) is 38.6 Å². The standard InChI is InChI=1S/C17H25FN2/c1-14-5-4-6-15(13-14)19-9-11-20(12-10-19)17-8-3-2-7-16(17)18/h2-3,7-8,14-15H,4-6,9-13H2,1H3. The van der Waals surface area contributed by atoms with Crippen molar-refractivity contribution in [3.63, 3.8) is 0 Å². The first-order chi connectivity index (χ1) is 9.74. The van der Waals surface area contributed by atoms with Crippen molar-refractivity contribution in [1.29, 1.82) is 0 Å². The molecule has 3 heteroatoms. The fourth-order valence-electron chi connectivity index (χ4n) is 3.77. The minimum absolute atomic E-state index is 0.0905. The van der Waals surface area contributed by atoms with E-state index in [1.54, 1.807) is 12.1 Å². The molecular weight excluding hydrogens is 251 g/mol. The van der Waals surface area contributed by atoms with Gasteiger partial charge in [0.15, 0.2) is 0 Å². The van der Waals surface area contributed by atoms with E-state index < -0.39 is 0 Å². The highest BCUT2D eigenvalue weighted by Gasteiger charge is 2.28. The summed E-state index contributed by atoms with van der Waals surface area (Å²) in [6.07, 6.45) is 5.47. The van der Waals surface area contributed by atoms with Crippen molar-refractivity contribution in [1.82, 2.24) is 4.90 Å². The lowest BCUT2D eigenvalue weighted by Gasteiger charge is -2.42. The van der Waals surface area contributed by atoms with Crippen LogP contribution in [0.25, 0.3) is 0 Å². The summed E-state index contributed by atoms with van der Waals surface area (Å²) in [6.45, 7) is 6.43. The van der Waals surface area contributed by atoms with Gasteiger partial charge >= 0.3 is 0 Å². The molecule has 20 heavy (non-hydrogen) atoms. The van der Waals surface area contributed by atoms with Crippen molar-refractivity contribution in [3.05, 3.63) is 30.1 Å². The zero-order valence-corrected chi connectivity index (χ0v) is 12.4. The number of nitrogens with zero attached hydrogens (tertiary/aromatic N) is 2. The zero-order chi connectivity index (χ0) is 13.9. The third-order valence-electron chi connectivity index (χ3n) is 4.93. The molecule has 2 unspecified atom stereocenters. The maximum atomic E-state index is 13.8. The minimum atomic E-state index is -0.0905. The quantitative estimate of drug-likeness (QED) is 0.815. The molecule has 1 saturated heterocycles. The summed E-state index contributed by atoms with van der Waals surface area (Å²) in [5, 5.41) is 0. The first kappa shape index (κ1) is 13.9. The van der Waals surface area contributed by atoms with E-state index >= 15 is 0 Å². The number of halogens is 1. The van der Waals surface area contributed by atoms with E-state index in [9.17, 15) is 4.39 Å². The van der Waals surface area contributed by atoms with Gasteiger partial charge in [-0.2, -0.15) is 0 Å². The second kappa shape index (κ2) is 6.13. The van der Waals surface area contributed by atoms with Gasteiger partial charge in [0.25, 0.3) is 0 Å². The molecule has 1 aliphatic heterocycles. The molecule has 2 atom stereocenters. The highest BCUT2D eigenvalue weighted by atomic mass is 19.1. The van der Waals surface area contributed by atoms with Gasteiger partial charge in [0.1, 0.15) is 5.82 Å². The maximum absolute atomic E-state index is 13.8. The molecule has 2 nitrogen and oxygen atoms in total. The van der Waals surface area contributed by atoms with Crippen molar-refractivity contribution < 1.29 is 4.39 Å². The molecule has 1 aromatic rings. The Morgan fingerprint density at radius 2 is 1.80 bits per heavy atom. The average Bonchev–Trinajstić information content (AvgIpc) is 2.48. The second-order valence-electron chi connectivity index (χ2n) is 6.40. The summed E-state index contributed by atoms with van der Waals surface area (Å²) in [5.74, 6) is 0.783. The SMILES string of the molecule is CC1CCCC(N2CCN(c3ccccc3F)CC2)C1. The Kier molecular flexibility index (Phi) is 4.25. The van der Waals surface area contributed by atoms with Gasteiger partial charge in [-0.1, -0.05) is 31.9 Å². The third-order valence-corrected chi connectivity index (χ3v) is 4.93. The van der Waals surface area contributed by atoms with Crippen LogP contribution in [0.1, 0.15) is 32.6 Å². The number of piperazine rings is 1. The maximum Gasteiger partial charge on any atom is 0.146 e. The van der Waals surface area contributed by atoms with Crippen LogP contribution in [-0.4, -0.2) is 37.1 Å². The molecule has 0 N–H and O–H groups in total. The minimum Gasteiger partial charge on any atom is -0.367 e. The van der Waals surface area contributed by atoms with Crippen molar-refractivity contribution in [3.8, 4) is 0 Å². The van der Waals surface area contributed by atoms with Gasteiger partial charge in [0, 0.05) is 32.2 Å². The van der Waals surface area contributed by atoms with Crippen LogP contribution in [0, 0.1) is 11.7 Å². The van der Waals surface area contributed by atoms with Gasteiger partial charge in [-0.25, -0.2) is 4.39 Å². The molecule has 1 saturated carbocycles. The van der Waals surface area contributed by atoms with Crippen molar-refractivity contribution in [2.75, 3.05) is 31.1 Å². The molecule has 1 aliphatic carbocycles. The smallest absolute Gasteiger partial charge is 0.146 e. The number of hydrogen-bond donors (Lipinski definition) is 0. The summed E-state index contributed by atoms with van der Waals surface area (Å²) < 4.78 is 13.8. The van der Waals surface area contributed by atoms with Crippen LogP contribution in [0.2, 0.25) is 0 Å². The summed E-state index contributed by atoms with van der Waals surface area (Å²) in [4.78, 5) is 4.82. The third kappa shape index (κ3) is 2.98. The van der Waals surface area contributed by atoms with Crippen LogP contribution in [0.3, 0.4) is 0 Å². The molecule has 0 amide bonds. The lowest BCUT2D eigenvalue weighted by Crippen LogP contribution is -2.51. The number of benzene rings is 1. The van der Waals surface area contributed by atoms with Crippen LogP contribution in [0.4, 0.5) is 10.1 Å². The van der Waals surface area contributed by atoms with E-state index in [0.717, 1.165) is 43.8 Å². The fraction of sp³-hybridized carbons (Fsp3) is 0.647. The van der Waals surface area contributed by atoms with Gasteiger partial charge in [-0.3, -0.25) is 4.90 Å². The summed E-state index contributed by atoms with van der Waals surface area (Å²) >= 11 is 0. The van der Waals surface area contributed by atoms with E-state index in [-0.39, 0.29) is 5.82 Å². The normalized spacial score (nSPS) is 28.6. The monoisotopic (exact) mass is 276 g/mol. The number of rotatable bonds is 2. The van der Waals surface area contributed by atoms with Gasteiger partial charge in [-0.15, -0.1) is 0 Å². The largest absolute Gasteiger partial charge is 0.367 e. The Hall–Kier alpha value is -1.09. The van der Waals surface area contributed by atoms with Gasteiger partial charge in [-0.05, 0) is 30.9 Å². The van der Waals surface area contributed by atoms with Crippen LogP contribution in [0.15, 0.2) is 24.3 Å². The van der Waals surface area contributed by atoms with Crippen LogP contribution in [0.5, 0.6) is 0 Å². The van der Waals surface area contributed by atoms with E-state index in [4.69, 9.17) is 0 Å². The van der Waals surface area contributed by atoms with E-state index in [2.05, 4.69) is 16.7 Å². The predicted molar refractivity (Wildman–Crippen MR) is 81.6 cm³/mol. The molecule has 2 fully saturated rings. The van der Waals surface area contributed by atoms with E-state index in [1.807, 2.05) is 12.1 Å². The van der Waals surface area contributed by atoms with Gasteiger partial charge < -0.3 is 4.90 Å². The molecule has 1 heterocycles. The Balaban J connectivity index is 1.58. The Morgan fingerprint density at radius 1 is 1.05 bits per heavy atom. The first-order valence-electron chi connectivity index (χ1n) is 7.97. The summed E-state index contributed by atoms with van der Waals surface area (Å²) in [6, 6.07) is 7.91. The molecule has 0 spiro atoms. The lowest BCUT2D eigenvalue weighted by atomic mass is 9.86. The molecule has 2 aliphatic rings. The van der Waals surface area contributed by atoms with Crippen molar-refractivity contribution >= 4 is 5.69 Å². The number of para-hydroxylation sites is 1. The first-order valence-corrected chi connectivity index (χ1v) is 7.97. The fourth-order valence-corrected chi connectivity index (χ4v) is 3.77. The molecule has 3 rings (SSSR count). The molecule has 0 radical (unpaired) electrons. The topological polar surface area (TPSA) is 6.48 Å². The van der Waals surface area contributed by atoms with Crippen molar-refractivity contribution in [2.24, 2.45) is 5.92 Å². The number of anilines is 1.